The third kappa shape index (κ3) is 4.14. The molecule has 0 unspecified atom stereocenters. The standard InChI is InChI=1S/C21H22N2O4S/c1-5-27-17-9-7-14(11-18(17)26-4)12-19-20(25)23(3)21(28-19)22-15-8-6-13(2)10-16(15)24/h6-12,24H,5H2,1-4H3/b19-12-,22-21?. The van der Waals surface area contributed by atoms with E-state index >= 15 is 0 Å². The highest BCUT2D eigenvalue weighted by atomic mass is 32.2. The number of likely N-dealkylation sites (N-methyl/N-ethyl adjacent to an activating group) is 1. The normalized spacial score (nSPS) is 16.9. The van der Waals surface area contributed by atoms with Crippen molar-refractivity contribution in [3.8, 4) is 17.2 Å². The summed E-state index contributed by atoms with van der Waals surface area (Å²) in [5.41, 5.74) is 2.19. The van der Waals surface area contributed by atoms with E-state index in [-0.39, 0.29) is 11.7 Å². The number of nitrogens with zero attached hydrogens (tertiary/aromatic N) is 2. The maximum atomic E-state index is 12.6. The molecule has 0 aromatic heterocycles. The lowest BCUT2D eigenvalue weighted by atomic mass is 10.2. The Labute approximate surface area is 168 Å². The summed E-state index contributed by atoms with van der Waals surface area (Å²) in [5.74, 6) is 1.20. The summed E-state index contributed by atoms with van der Waals surface area (Å²) in [4.78, 5) is 19.1. The first kappa shape index (κ1) is 19.8. The molecule has 0 radical (unpaired) electrons. The Morgan fingerprint density at radius 1 is 1.21 bits per heavy atom. The van der Waals surface area contributed by atoms with Crippen LogP contribution in [0.2, 0.25) is 0 Å². The van der Waals surface area contributed by atoms with Crippen LogP contribution in [0.4, 0.5) is 5.69 Å². The van der Waals surface area contributed by atoms with Crippen molar-refractivity contribution in [2.75, 3.05) is 20.8 Å². The fraction of sp³-hybridized carbons (Fsp3) is 0.238. The second-order valence-corrected chi connectivity index (χ2v) is 7.21. The van der Waals surface area contributed by atoms with Gasteiger partial charge in [0.25, 0.3) is 5.91 Å². The summed E-state index contributed by atoms with van der Waals surface area (Å²) in [6.45, 7) is 4.34. The average molecular weight is 398 g/mol. The largest absolute Gasteiger partial charge is 0.506 e. The molecule has 1 saturated heterocycles. The van der Waals surface area contributed by atoms with Crippen LogP contribution in [0, 0.1) is 6.92 Å². The number of aryl methyl sites for hydroxylation is 1. The van der Waals surface area contributed by atoms with Crippen molar-refractivity contribution < 1.29 is 19.4 Å². The number of phenols is 1. The Morgan fingerprint density at radius 2 is 2.00 bits per heavy atom. The molecule has 1 amide bonds. The van der Waals surface area contributed by atoms with Crippen LogP contribution < -0.4 is 9.47 Å². The topological polar surface area (TPSA) is 71.4 Å². The number of aliphatic imine (C=N–C) groups is 1. The predicted octanol–water partition coefficient (Wildman–Crippen LogP) is 4.34. The molecule has 0 spiro atoms. The van der Waals surface area contributed by atoms with E-state index in [4.69, 9.17) is 9.47 Å². The first-order valence-corrected chi connectivity index (χ1v) is 9.61. The Hall–Kier alpha value is -2.93. The minimum atomic E-state index is -0.150. The molecule has 3 rings (SSSR count). The summed E-state index contributed by atoms with van der Waals surface area (Å²) in [7, 11) is 3.25. The van der Waals surface area contributed by atoms with Gasteiger partial charge in [-0.2, -0.15) is 0 Å². The van der Waals surface area contributed by atoms with E-state index in [9.17, 15) is 9.90 Å². The molecule has 146 valence electrons. The van der Waals surface area contributed by atoms with E-state index in [2.05, 4.69) is 4.99 Å². The van der Waals surface area contributed by atoms with Gasteiger partial charge in [-0.05, 0) is 67.1 Å². The fourth-order valence-electron chi connectivity index (χ4n) is 2.68. The lowest BCUT2D eigenvalue weighted by Gasteiger charge is -2.09. The minimum absolute atomic E-state index is 0.0858. The van der Waals surface area contributed by atoms with Gasteiger partial charge < -0.3 is 14.6 Å². The van der Waals surface area contributed by atoms with Gasteiger partial charge in [0.1, 0.15) is 11.4 Å². The number of thioether (sulfide) groups is 1. The number of phenolic OH excluding ortho intramolecular Hbond substituents is 1. The minimum Gasteiger partial charge on any atom is -0.506 e. The van der Waals surface area contributed by atoms with Crippen molar-refractivity contribution in [2.45, 2.75) is 13.8 Å². The summed E-state index contributed by atoms with van der Waals surface area (Å²) in [6.07, 6.45) is 1.79. The van der Waals surface area contributed by atoms with E-state index in [0.29, 0.717) is 33.9 Å². The Balaban J connectivity index is 1.90. The highest BCUT2D eigenvalue weighted by molar-refractivity contribution is 8.18. The van der Waals surface area contributed by atoms with Crippen LogP contribution >= 0.6 is 11.8 Å². The number of amides is 1. The molecule has 0 bridgehead atoms. The molecule has 1 fully saturated rings. The van der Waals surface area contributed by atoms with Crippen molar-refractivity contribution >= 4 is 34.6 Å². The molecule has 28 heavy (non-hydrogen) atoms. The summed E-state index contributed by atoms with van der Waals surface area (Å²) in [6, 6.07) is 10.8. The van der Waals surface area contributed by atoms with Gasteiger partial charge in [-0.15, -0.1) is 0 Å². The number of rotatable bonds is 5. The summed E-state index contributed by atoms with van der Waals surface area (Å²) >= 11 is 1.26. The van der Waals surface area contributed by atoms with Gasteiger partial charge in [0.15, 0.2) is 16.7 Å². The molecule has 2 aromatic rings. The molecule has 6 nitrogen and oxygen atoms in total. The predicted molar refractivity (Wildman–Crippen MR) is 112 cm³/mol. The molecule has 7 heteroatoms. The first-order chi connectivity index (χ1) is 13.4. The van der Waals surface area contributed by atoms with Crippen molar-refractivity contribution in [3.05, 3.63) is 52.4 Å². The molecular weight excluding hydrogens is 376 g/mol. The smallest absolute Gasteiger partial charge is 0.266 e. The first-order valence-electron chi connectivity index (χ1n) is 8.79. The monoisotopic (exact) mass is 398 g/mol. The van der Waals surface area contributed by atoms with Gasteiger partial charge in [-0.1, -0.05) is 12.1 Å². The second kappa shape index (κ2) is 8.39. The summed E-state index contributed by atoms with van der Waals surface area (Å²) < 4.78 is 10.9. The molecule has 1 N–H and O–H groups in total. The molecular formula is C21H22N2O4S. The van der Waals surface area contributed by atoms with Crippen molar-refractivity contribution in [1.29, 1.82) is 0 Å². The van der Waals surface area contributed by atoms with Crippen LogP contribution in [-0.4, -0.2) is 41.8 Å². The van der Waals surface area contributed by atoms with Crippen LogP contribution in [-0.2, 0) is 4.79 Å². The zero-order valence-electron chi connectivity index (χ0n) is 16.2. The second-order valence-electron chi connectivity index (χ2n) is 6.20. The Bertz CT molecular complexity index is 969. The fourth-order valence-corrected chi connectivity index (χ4v) is 3.66. The van der Waals surface area contributed by atoms with E-state index in [0.717, 1.165) is 11.1 Å². The number of hydrogen-bond donors (Lipinski definition) is 1. The molecule has 0 atom stereocenters. The van der Waals surface area contributed by atoms with Crippen molar-refractivity contribution in [3.63, 3.8) is 0 Å². The molecule has 1 aliphatic rings. The maximum absolute atomic E-state index is 12.6. The van der Waals surface area contributed by atoms with E-state index in [1.165, 1.54) is 16.7 Å². The average Bonchev–Trinajstić information content (AvgIpc) is 2.93. The molecule has 2 aromatic carbocycles. The lowest BCUT2D eigenvalue weighted by Crippen LogP contribution is -2.23. The molecule has 0 saturated carbocycles. The number of methoxy groups -OCH3 is 1. The zero-order valence-corrected chi connectivity index (χ0v) is 17.0. The number of ether oxygens (including phenoxy) is 2. The van der Waals surface area contributed by atoms with Crippen LogP contribution in [0.3, 0.4) is 0 Å². The van der Waals surface area contributed by atoms with Crippen LogP contribution in [0.25, 0.3) is 6.08 Å². The number of aromatic hydroxyl groups is 1. The Morgan fingerprint density at radius 3 is 2.68 bits per heavy atom. The van der Waals surface area contributed by atoms with Gasteiger partial charge in [-0.25, -0.2) is 4.99 Å². The van der Waals surface area contributed by atoms with Gasteiger partial charge in [0, 0.05) is 7.05 Å². The van der Waals surface area contributed by atoms with Crippen LogP contribution in [0.15, 0.2) is 46.3 Å². The van der Waals surface area contributed by atoms with Gasteiger partial charge >= 0.3 is 0 Å². The summed E-state index contributed by atoms with van der Waals surface area (Å²) in [5, 5.41) is 10.6. The molecule has 0 aliphatic carbocycles. The van der Waals surface area contributed by atoms with Crippen LogP contribution in [0.5, 0.6) is 17.2 Å². The number of amidine groups is 1. The van der Waals surface area contributed by atoms with E-state index in [1.807, 2.05) is 38.1 Å². The molecule has 1 heterocycles. The van der Waals surface area contributed by atoms with E-state index < -0.39 is 0 Å². The Kier molecular flexibility index (Phi) is 5.94. The van der Waals surface area contributed by atoms with Crippen LogP contribution in [0.1, 0.15) is 18.1 Å². The number of carbonyl (C=O) groups excluding carboxylic acids is 1. The quantitative estimate of drug-likeness (QED) is 0.759. The van der Waals surface area contributed by atoms with Crippen molar-refractivity contribution in [2.24, 2.45) is 4.99 Å². The number of benzene rings is 2. The van der Waals surface area contributed by atoms with Gasteiger partial charge in [0.2, 0.25) is 0 Å². The third-order valence-corrected chi connectivity index (χ3v) is 5.20. The SMILES string of the molecule is CCOc1ccc(/C=C2\SC(=Nc3ccc(C)cc3O)N(C)C2=O)cc1OC. The molecule has 1 aliphatic heterocycles. The number of carbonyl (C=O) groups is 1. The van der Waals surface area contributed by atoms with Gasteiger partial charge in [0.05, 0.1) is 18.6 Å². The highest BCUT2D eigenvalue weighted by Gasteiger charge is 2.30. The number of hydrogen-bond acceptors (Lipinski definition) is 6. The highest BCUT2D eigenvalue weighted by Crippen LogP contribution is 2.36. The van der Waals surface area contributed by atoms with Gasteiger partial charge in [-0.3, -0.25) is 9.69 Å². The lowest BCUT2D eigenvalue weighted by molar-refractivity contribution is -0.121. The zero-order chi connectivity index (χ0) is 20.3. The third-order valence-electron chi connectivity index (χ3n) is 4.14. The van der Waals surface area contributed by atoms with Crippen molar-refractivity contribution in [1.82, 2.24) is 4.90 Å². The van der Waals surface area contributed by atoms with E-state index in [1.54, 1.807) is 32.4 Å². The maximum Gasteiger partial charge on any atom is 0.266 e.